The van der Waals surface area contributed by atoms with Gasteiger partial charge in [0.2, 0.25) is 0 Å². The molecule has 1 aromatic heterocycles. The standard InChI is InChI=1S/C18H22N2O4/c1-12-17(13(2)24-20-12)18(21)19-10-14-5-7-15(8-6-14)23-11-16-4-3-9-22-16/h5-8,16H,3-4,9-11H2,1-2H3,(H,19,21)/t16-/m0/s1. The van der Waals surface area contributed by atoms with E-state index in [2.05, 4.69) is 10.5 Å². The van der Waals surface area contributed by atoms with Crippen molar-refractivity contribution >= 4 is 5.91 Å². The van der Waals surface area contributed by atoms with E-state index in [1.807, 2.05) is 24.3 Å². The molecule has 0 bridgehead atoms. The highest BCUT2D eigenvalue weighted by atomic mass is 16.5. The van der Waals surface area contributed by atoms with Gasteiger partial charge in [-0.3, -0.25) is 4.79 Å². The fraction of sp³-hybridized carbons (Fsp3) is 0.444. The predicted molar refractivity (Wildman–Crippen MR) is 88.1 cm³/mol. The average Bonchev–Trinajstić information content (AvgIpc) is 3.22. The van der Waals surface area contributed by atoms with Crippen molar-refractivity contribution in [3.05, 3.63) is 46.8 Å². The van der Waals surface area contributed by atoms with Gasteiger partial charge in [0.25, 0.3) is 5.91 Å². The molecule has 6 nitrogen and oxygen atoms in total. The van der Waals surface area contributed by atoms with Crippen molar-refractivity contribution in [2.24, 2.45) is 0 Å². The molecule has 1 aliphatic heterocycles. The summed E-state index contributed by atoms with van der Waals surface area (Å²) in [6.45, 7) is 5.34. The van der Waals surface area contributed by atoms with Crippen LogP contribution in [-0.4, -0.2) is 30.4 Å². The zero-order valence-corrected chi connectivity index (χ0v) is 14.0. The van der Waals surface area contributed by atoms with Gasteiger partial charge in [0, 0.05) is 13.2 Å². The lowest BCUT2D eigenvalue weighted by molar-refractivity contribution is 0.0679. The van der Waals surface area contributed by atoms with Gasteiger partial charge >= 0.3 is 0 Å². The van der Waals surface area contributed by atoms with Crippen LogP contribution < -0.4 is 10.1 Å². The second-order valence-electron chi connectivity index (χ2n) is 5.97. The van der Waals surface area contributed by atoms with E-state index in [0.717, 1.165) is 30.8 Å². The molecule has 0 radical (unpaired) electrons. The van der Waals surface area contributed by atoms with Gasteiger partial charge in [0.05, 0.1) is 11.8 Å². The van der Waals surface area contributed by atoms with Crippen LogP contribution in [-0.2, 0) is 11.3 Å². The molecule has 1 atom stereocenters. The molecule has 1 N–H and O–H groups in total. The van der Waals surface area contributed by atoms with Crippen LogP contribution in [0.2, 0.25) is 0 Å². The monoisotopic (exact) mass is 330 g/mol. The Hall–Kier alpha value is -2.34. The second-order valence-corrected chi connectivity index (χ2v) is 5.97. The summed E-state index contributed by atoms with van der Waals surface area (Å²) in [7, 11) is 0. The van der Waals surface area contributed by atoms with Crippen LogP contribution in [0, 0.1) is 13.8 Å². The number of aromatic nitrogens is 1. The first kappa shape index (κ1) is 16.5. The van der Waals surface area contributed by atoms with Crippen molar-refractivity contribution in [1.29, 1.82) is 0 Å². The third-order valence-corrected chi connectivity index (χ3v) is 4.10. The zero-order valence-electron chi connectivity index (χ0n) is 14.0. The van der Waals surface area contributed by atoms with Crippen LogP contribution in [0.5, 0.6) is 5.75 Å². The van der Waals surface area contributed by atoms with Crippen molar-refractivity contribution in [1.82, 2.24) is 10.5 Å². The van der Waals surface area contributed by atoms with Crippen LogP contribution in [0.4, 0.5) is 0 Å². The fourth-order valence-corrected chi connectivity index (χ4v) is 2.75. The van der Waals surface area contributed by atoms with Crippen LogP contribution in [0.3, 0.4) is 0 Å². The van der Waals surface area contributed by atoms with Gasteiger partial charge in [-0.05, 0) is 44.4 Å². The van der Waals surface area contributed by atoms with E-state index >= 15 is 0 Å². The van der Waals surface area contributed by atoms with Gasteiger partial charge in [0.15, 0.2) is 0 Å². The third-order valence-electron chi connectivity index (χ3n) is 4.10. The summed E-state index contributed by atoms with van der Waals surface area (Å²) in [6.07, 6.45) is 2.38. The number of carbonyl (C=O) groups excluding carboxylic acids is 1. The molecule has 0 aliphatic carbocycles. The first-order valence-electron chi connectivity index (χ1n) is 8.18. The minimum atomic E-state index is -0.176. The van der Waals surface area contributed by atoms with E-state index in [1.165, 1.54) is 0 Å². The topological polar surface area (TPSA) is 73.6 Å². The first-order chi connectivity index (χ1) is 11.6. The number of hydrogen-bond donors (Lipinski definition) is 1. The second kappa shape index (κ2) is 7.49. The Balaban J connectivity index is 1.50. The minimum absolute atomic E-state index is 0.176. The van der Waals surface area contributed by atoms with Gasteiger partial charge in [-0.1, -0.05) is 17.3 Å². The molecule has 1 aromatic carbocycles. The lowest BCUT2D eigenvalue weighted by Crippen LogP contribution is -2.23. The molecule has 0 unspecified atom stereocenters. The molecule has 1 fully saturated rings. The number of hydrogen-bond acceptors (Lipinski definition) is 5. The highest BCUT2D eigenvalue weighted by Gasteiger charge is 2.17. The highest BCUT2D eigenvalue weighted by molar-refractivity contribution is 5.96. The summed E-state index contributed by atoms with van der Waals surface area (Å²) in [4.78, 5) is 12.2. The molecular formula is C18H22N2O4. The SMILES string of the molecule is Cc1noc(C)c1C(=O)NCc1ccc(OC[C@@H]2CCCO2)cc1. The van der Waals surface area contributed by atoms with E-state index in [0.29, 0.717) is 30.2 Å². The number of nitrogens with one attached hydrogen (secondary N) is 1. The van der Waals surface area contributed by atoms with Crippen molar-refractivity contribution in [2.45, 2.75) is 39.3 Å². The Morgan fingerprint density at radius 2 is 2.12 bits per heavy atom. The number of carbonyl (C=O) groups is 1. The van der Waals surface area contributed by atoms with Gasteiger partial charge in [-0.15, -0.1) is 0 Å². The van der Waals surface area contributed by atoms with Crippen LogP contribution in [0.25, 0.3) is 0 Å². The van der Waals surface area contributed by atoms with E-state index in [-0.39, 0.29) is 12.0 Å². The van der Waals surface area contributed by atoms with Gasteiger partial charge in [-0.25, -0.2) is 0 Å². The molecule has 24 heavy (non-hydrogen) atoms. The molecule has 128 valence electrons. The third kappa shape index (κ3) is 3.94. The van der Waals surface area contributed by atoms with E-state index < -0.39 is 0 Å². The zero-order chi connectivity index (χ0) is 16.9. The molecule has 1 amide bonds. The maximum Gasteiger partial charge on any atom is 0.257 e. The molecule has 2 heterocycles. The summed E-state index contributed by atoms with van der Waals surface area (Å²) < 4.78 is 16.3. The Labute approximate surface area is 141 Å². The van der Waals surface area contributed by atoms with E-state index in [9.17, 15) is 4.79 Å². The lowest BCUT2D eigenvalue weighted by atomic mass is 10.1. The van der Waals surface area contributed by atoms with Crippen LogP contribution in [0.1, 0.15) is 40.2 Å². The Kier molecular flexibility index (Phi) is 5.15. The molecular weight excluding hydrogens is 308 g/mol. The van der Waals surface area contributed by atoms with Crippen molar-refractivity contribution < 1.29 is 18.8 Å². The Bertz CT molecular complexity index is 668. The summed E-state index contributed by atoms with van der Waals surface area (Å²) in [6, 6.07) is 7.70. The number of rotatable bonds is 6. The molecule has 1 saturated heterocycles. The number of nitrogens with zero attached hydrogens (tertiary/aromatic N) is 1. The molecule has 0 saturated carbocycles. The predicted octanol–water partition coefficient (Wildman–Crippen LogP) is 2.78. The van der Waals surface area contributed by atoms with Gasteiger partial charge < -0.3 is 19.3 Å². The van der Waals surface area contributed by atoms with Gasteiger partial charge in [0.1, 0.15) is 23.7 Å². The normalized spacial score (nSPS) is 17.0. The average molecular weight is 330 g/mol. The Morgan fingerprint density at radius 1 is 1.33 bits per heavy atom. The molecule has 6 heteroatoms. The van der Waals surface area contributed by atoms with Crippen LogP contribution in [0.15, 0.2) is 28.8 Å². The largest absolute Gasteiger partial charge is 0.491 e. The van der Waals surface area contributed by atoms with Crippen molar-refractivity contribution in [3.63, 3.8) is 0 Å². The van der Waals surface area contributed by atoms with E-state index in [1.54, 1.807) is 13.8 Å². The first-order valence-corrected chi connectivity index (χ1v) is 8.18. The van der Waals surface area contributed by atoms with Crippen LogP contribution >= 0.6 is 0 Å². The van der Waals surface area contributed by atoms with E-state index in [4.69, 9.17) is 14.0 Å². The molecule has 1 aliphatic rings. The number of benzene rings is 1. The fourth-order valence-electron chi connectivity index (χ4n) is 2.75. The number of ether oxygens (including phenoxy) is 2. The summed E-state index contributed by atoms with van der Waals surface area (Å²) in [5.41, 5.74) is 2.11. The number of aryl methyl sites for hydroxylation is 2. The molecule has 2 aromatic rings. The molecule has 0 spiro atoms. The number of amides is 1. The summed E-state index contributed by atoms with van der Waals surface area (Å²) in [5, 5.41) is 6.67. The lowest BCUT2D eigenvalue weighted by Gasteiger charge is -2.12. The van der Waals surface area contributed by atoms with Crippen molar-refractivity contribution in [2.75, 3.05) is 13.2 Å². The quantitative estimate of drug-likeness (QED) is 0.881. The maximum absolute atomic E-state index is 12.2. The smallest absolute Gasteiger partial charge is 0.257 e. The van der Waals surface area contributed by atoms with Crippen molar-refractivity contribution in [3.8, 4) is 5.75 Å². The summed E-state index contributed by atoms with van der Waals surface area (Å²) in [5.74, 6) is 1.17. The minimum Gasteiger partial charge on any atom is -0.491 e. The Morgan fingerprint density at radius 3 is 2.75 bits per heavy atom. The highest BCUT2D eigenvalue weighted by Crippen LogP contribution is 2.17. The summed E-state index contributed by atoms with van der Waals surface area (Å²) >= 11 is 0. The molecule has 3 rings (SSSR count). The van der Waals surface area contributed by atoms with Gasteiger partial charge in [-0.2, -0.15) is 0 Å². The maximum atomic E-state index is 12.2.